The number of hydrogen-bond acceptors (Lipinski definition) is 6. The zero-order valence-electron chi connectivity index (χ0n) is 12.0. The monoisotopic (exact) mass is 334 g/mol. The minimum absolute atomic E-state index is 0.0690. The smallest absolute Gasteiger partial charge is 0.273 e. The quantitative estimate of drug-likeness (QED) is 0.574. The van der Waals surface area contributed by atoms with Crippen LogP contribution in [0.3, 0.4) is 0 Å². The average Bonchev–Trinajstić information content (AvgIpc) is 2.36. The van der Waals surface area contributed by atoms with Crippen molar-refractivity contribution in [3.8, 4) is 0 Å². The predicted octanol–water partition coefficient (Wildman–Crippen LogP) is 1.30. The number of nitro groups is 1. The Bertz CT molecular complexity index is 629. The summed E-state index contributed by atoms with van der Waals surface area (Å²) in [4.78, 5) is 10.1. The lowest BCUT2D eigenvalue weighted by molar-refractivity contribution is -0.385. The lowest BCUT2D eigenvalue weighted by atomic mass is 10.1. The van der Waals surface area contributed by atoms with Crippen molar-refractivity contribution in [2.45, 2.75) is 24.3 Å². The van der Waals surface area contributed by atoms with Crippen LogP contribution in [-0.4, -0.2) is 42.6 Å². The van der Waals surface area contributed by atoms with Gasteiger partial charge in [0.15, 0.2) is 0 Å². The van der Waals surface area contributed by atoms with Crippen molar-refractivity contribution in [3.63, 3.8) is 0 Å². The fraction of sp³-hybridized carbons (Fsp3) is 0.500. The molecular formula is C12H18N2O5S2. The van der Waals surface area contributed by atoms with Gasteiger partial charge >= 0.3 is 0 Å². The molecule has 1 unspecified atom stereocenters. The second kappa shape index (κ2) is 6.73. The standard InChI is InChI=1S/C12H18N2O5S2/c1-9-10(14(16)17)5-4-6-11(9)21(18,19)13-7-12(2,15)8-20-3/h4-6,13,15H,7-8H2,1-3H3. The van der Waals surface area contributed by atoms with Crippen LogP contribution >= 0.6 is 11.8 Å². The molecule has 0 radical (unpaired) electrons. The number of nitro benzene ring substituents is 1. The summed E-state index contributed by atoms with van der Waals surface area (Å²) in [5.74, 6) is 0.365. The molecule has 1 atom stereocenters. The molecular weight excluding hydrogens is 316 g/mol. The van der Waals surface area contributed by atoms with E-state index < -0.39 is 20.5 Å². The number of benzene rings is 1. The summed E-state index contributed by atoms with van der Waals surface area (Å²) in [6, 6.07) is 3.87. The molecule has 0 spiro atoms. The van der Waals surface area contributed by atoms with Crippen LogP contribution in [0.15, 0.2) is 23.1 Å². The third kappa shape index (κ3) is 4.67. The molecule has 1 rings (SSSR count). The van der Waals surface area contributed by atoms with Crippen LogP contribution in [0.25, 0.3) is 0 Å². The Hall–Kier alpha value is -1.16. The van der Waals surface area contributed by atoms with Crippen molar-refractivity contribution in [3.05, 3.63) is 33.9 Å². The molecule has 0 aromatic heterocycles. The maximum absolute atomic E-state index is 12.2. The summed E-state index contributed by atoms with van der Waals surface area (Å²) < 4.78 is 26.7. The van der Waals surface area contributed by atoms with Crippen LogP contribution in [0.2, 0.25) is 0 Å². The topological polar surface area (TPSA) is 110 Å². The minimum Gasteiger partial charge on any atom is -0.388 e. The van der Waals surface area contributed by atoms with Crippen molar-refractivity contribution in [1.29, 1.82) is 0 Å². The van der Waals surface area contributed by atoms with Crippen LogP contribution < -0.4 is 4.72 Å². The molecule has 21 heavy (non-hydrogen) atoms. The highest BCUT2D eigenvalue weighted by Crippen LogP contribution is 2.24. The first kappa shape index (κ1) is 17.9. The first-order valence-corrected chi connectivity index (χ1v) is 8.93. The molecule has 7 nitrogen and oxygen atoms in total. The van der Waals surface area contributed by atoms with Gasteiger partial charge in [0, 0.05) is 23.9 Å². The van der Waals surface area contributed by atoms with Crippen LogP contribution in [0, 0.1) is 17.0 Å². The molecule has 0 amide bonds. The lowest BCUT2D eigenvalue weighted by Gasteiger charge is -2.22. The number of thioether (sulfide) groups is 1. The molecule has 1 aromatic carbocycles. The van der Waals surface area contributed by atoms with Gasteiger partial charge in [0.2, 0.25) is 10.0 Å². The van der Waals surface area contributed by atoms with Gasteiger partial charge in [-0.05, 0) is 26.2 Å². The van der Waals surface area contributed by atoms with E-state index in [-0.39, 0.29) is 22.7 Å². The van der Waals surface area contributed by atoms with Gasteiger partial charge < -0.3 is 5.11 Å². The normalized spacial score (nSPS) is 14.7. The molecule has 0 aliphatic carbocycles. The highest BCUT2D eigenvalue weighted by molar-refractivity contribution is 7.98. The average molecular weight is 334 g/mol. The van der Waals surface area contributed by atoms with Crippen LogP contribution in [0.4, 0.5) is 5.69 Å². The van der Waals surface area contributed by atoms with Crippen molar-refractivity contribution in [1.82, 2.24) is 4.72 Å². The maximum Gasteiger partial charge on any atom is 0.273 e. The van der Waals surface area contributed by atoms with Crippen LogP contribution in [-0.2, 0) is 10.0 Å². The highest BCUT2D eigenvalue weighted by atomic mass is 32.2. The molecule has 9 heteroatoms. The third-order valence-corrected chi connectivity index (χ3v) is 5.30. The Kier molecular flexibility index (Phi) is 5.74. The van der Waals surface area contributed by atoms with E-state index in [4.69, 9.17) is 0 Å². The molecule has 118 valence electrons. The second-order valence-electron chi connectivity index (χ2n) is 4.91. The van der Waals surface area contributed by atoms with Gasteiger partial charge in [-0.1, -0.05) is 6.07 Å². The molecule has 0 saturated carbocycles. The number of rotatable bonds is 7. The minimum atomic E-state index is -3.92. The molecule has 0 saturated heterocycles. The Morgan fingerprint density at radius 3 is 2.62 bits per heavy atom. The zero-order valence-corrected chi connectivity index (χ0v) is 13.6. The molecule has 0 bridgehead atoms. The van der Waals surface area contributed by atoms with E-state index in [1.165, 1.54) is 43.8 Å². The maximum atomic E-state index is 12.2. The third-order valence-electron chi connectivity index (χ3n) is 2.84. The Morgan fingerprint density at radius 2 is 2.10 bits per heavy atom. The van der Waals surface area contributed by atoms with Crippen LogP contribution in [0.1, 0.15) is 12.5 Å². The van der Waals surface area contributed by atoms with E-state index in [9.17, 15) is 23.6 Å². The molecule has 0 aliphatic rings. The fourth-order valence-corrected chi connectivity index (χ4v) is 3.93. The van der Waals surface area contributed by atoms with Gasteiger partial charge in [0.1, 0.15) is 0 Å². The van der Waals surface area contributed by atoms with Crippen molar-refractivity contribution < 1.29 is 18.4 Å². The number of aliphatic hydroxyl groups is 1. The molecule has 1 aromatic rings. The van der Waals surface area contributed by atoms with E-state index >= 15 is 0 Å². The second-order valence-corrected chi connectivity index (χ2v) is 7.51. The van der Waals surface area contributed by atoms with Crippen molar-refractivity contribution >= 4 is 27.5 Å². The first-order chi connectivity index (χ1) is 9.60. The van der Waals surface area contributed by atoms with E-state index in [1.54, 1.807) is 6.26 Å². The summed E-state index contributed by atoms with van der Waals surface area (Å²) in [6.07, 6.45) is 1.80. The van der Waals surface area contributed by atoms with Gasteiger partial charge in [0.25, 0.3) is 5.69 Å². The molecule has 0 fully saturated rings. The van der Waals surface area contributed by atoms with E-state index in [1.807, 2.05) is 0 Å². The fourth-order valence-electron chi connectivity index (χ4n) is 1.78. The van der Waals surface area contributed by atoms with Gasteiger partial charge in [-0.15, -0.1) is 0 Å². The summed E-state index contributed by atoms with van der Waals surface area (Å²) >= 11 is 1.39. The largest absolute Gasteiger partial charge is 0.388 e. The summed E-state index contributed by atoms with van der Waals surface area (Å²) in [7, 11) is -3.92. The van der Waals surface area contributed by atoms with E-state index in [2.05, 4.69) is 4.72 Å². The van der Waals surface area contributed by atoms with Crippen molar-refractivity contribution in [2.24, 2.45) is 0 Å². The summed E-state index contributed by atoms with van der Waals surface area (Å²) in [5, 5.41) is 20.8. The molecule has 0 aliphatic heterocycles. The van der Waals surface area contributed by atoms with Gasteiger partial charge in [-0.2, -0.15) is 11.8 Å². The number of nitrogens with one attached hydrogen (secondary N) is 1. The Balaban J connectivity index is 3.04. The number of hydrogen-bond donors (Lipinski definition) is 2. The highest BCUT2D eigenvalue weighted by Gasteiger charge is 2.26. The Morgan fingerprint density at radius 1 is 1.48 bits per heavy atom. The van der Waals surface area contributed by atoms with E-state index in [0.29, 0.717) is 5.75 Å². The van der Waals surface area contributed by atoms with E-state index in [0.717, 1.165) is 0 Å². The zero-order chi connectivity index (χ0) is 16.3. The lowest BCUT2D eigenvalue weighted by Crippen LogP contribution is -2.42. The van der Waals surface area contributed by atoms with Gasteiger partial charge in [-0.25, -0.2) is 13.1 Å². The Labute approximate surface area is 128 Å². The van der Waals surface area contributed by atoms with Crippen LogP contribution in [0.5, 0.6) is 0 Å². The number of sulfonamides is 1. The predicted molar refractivity (Wildman–Crippen MR) is 82.0 cm³/mol. The van der Waals surface area contributed by atoms with Gasteiger partial charge in [-0.3, -0.25) is 10.1 Å². The SMILES string of the molecule is CSCC(C)(O)CNS(=O)(=O)c1cccc([N+](=O)[O-])c1C. The number of nitrogens with zero attached hydrogens (tertiary/aromatic N) is 1. The van der Waals surface area contributed by atoms with Gasteiger partial charge in [0.05, 0.1) is 15.4 Å². The first-order valence-electron chi connectivity index (χ1n) is 6.06. The summed E-state index contributed by atoms with van der Waals surface area (Å²) in [6.45, 7) is 2.73. The molecule has 2 N–H and O–H groups in total. The van der Waals surface area contributed by atoms with Crippen molar-refractivity contribution in [2.75, 3.05) is 18.6 Å². The molecule has 0 heterocycles. The summed E-state index contributed by atoms with van der Waals surface area (Å²) in [5.41, 5.74) is -1.38.